The van der Waals surface area contributed by atoms with Crippen LogP contribution in [0.1, 0.15) is 27.2 Å². The molecular weight excluding hydrogens is 280 g/mol. The van der Waals surface area contributed by atoms with Crippen LogP contribution < -0.4 is 0 Å². The molecule has 2 rings (SSSR count). The van der Waals surface area contributed by atoms with Crippen LogP contribution in [-0.2, 0) is 9.53 Å². The van der Waals surface area contributed by atoms with Crippen molar-refractivity contribution >= 4 is 23.8 Å². The summed E-state index contributed by atoms with van der Waals surface area (Å²) in [5.41, 5.74) is -0.609. The molecule has 20 heavy (non-hydrogen) atoms. The number of carbonyl (C=O) groups is 2. The monoisotopic (exact) mass is 302 g/mol. The number of aliphatic hydroxyl groups excluding tert-OH is 1. The molecule has 1 N–H and O–H groups in total. The van der Waals surface area contributed by atoms with Crippen molar-refractivity contribution in [2.45, 2.75) is 44.9 Å². The lowest BCUT2D eigenvalue weighted by molar-refractivity contribution is -0.134. The topological polar surface area (TPSA) is 70.1 Å². The molecule has 0 aromatic rings. The average Bonchev–Trinajstić information content (AvgIpc) is 2.94. The molecule has 0 saturated carbocycles. The Hall–Kier alpha value is -0.950. The lowest BCUT2D eigenvalue weighted by atomic mass is 10.1. The molecule has 0 aliphatic carbocycles. The lowest BCUT2D eigenvalue weighted by Crippen LogP contribution is -2.48. The molecule has 2 saturated heterocycles. The van der Waals surface area contributed by atoms with Gasteiger partial charge in [-0.1, -0.05) is 0 Å². The summed E-state index contributed by atoms with van der Waals surface area (Å²) in [6.45, 7) is 6.21. The van der Waals surface area contributed by atoms with E-state index in [0.717, 1.165) is 5.75 Å². The Kier molecular flexibility index (Phi) is 4.49. The van der Waals surface area contributed by atoms with Gasteiger partial charge in [0.05, 0.1) is 18.5 Å². The van der Waals surface area contributed by atoms with Crippen molar-refractivity contribution in [2.75, 3.05) is 24.7 Å². The van der Waals surface area contributed by atoms with E-state index in [4.69, 9.17) is 4.74 Å². The average molecular weight is 302 g/mol. The van der Waals surface area contributed by atoms with Crippen molar-refractivity contribution in [2.24, 2.45) is 0 Å². The van der Waals surface area contributed by atoms with Gasteiger partial charge in [0, 0.05) is 18.7 Å². The van der Waals surface area contributed by atoms with Crippen LogP contribution in [0.4, 0.5) is 4.79 Å². The number of β-amino-alcohol motifs (C(OH)–C–C–N with tert-alkyl or cyclic N) is 1. The minimum absolute atomic E-state index is 0.0857. The molecule has 2 aliphatic heterocycles. The molecule has 2 amide bonds. The third-order valence-electron chi connectivity index (χ3n) is 3.26. The number of amides is 2. The molecular formula is C13H22N2O4S. The van der Waals surface area contributed by atoms with Gasteiger partial charge >= 0.3 is 6.09 Å². The fraction of sp³-hybridized carbons (Fsp3) is 0.846. The number of hydrogen-bond acceptors (Lipinski definition) is 5. The summed E-state index contributed by atoms with van der Waals surface area (Å²) in [5, 5.41) is 9.78. The van der Waals surface area contributed by atoms with Crippen LogP contribution in [-0.4, -0.2) is 69.4 Å². The minimum Gasteiger partial charge on any atom is -0.444 e. The highest BCUT2D eigenvalue weighted by atomic mass is 32.2. The SMILES string of the molecule is CC(C)(C)OC(=O)N1C[C@@H](O)C[C@H]1C(=O)N1CCSC1. The predicted octanol–water partition coefficient (Wildman–Crippen LogP) is 0.890. The van der Waals surface area contributed by atoms with Crippen LogP contribution in [0.25, 0.3) is 0 Å². The minimum atomic E-state index is -0.660. The third-order valence-corrected chi connectivity index (χ3v) is 4.22. The summed E-state index contributed by atoms with van der Waals surface area (Å²) in [7, 11) is 0. The first-order chi connectivity index (χ1) is 9.28. The number of nitrogens with zero attached hydrogens (tertiary/aromatic N) is 2. The zero-order chi connectivity index (χ0) is 14.9. The molecule has 0 spiro atoms. The van der Waals surface area contributed by atoms with Gasteiger partial charge in [-0.05, 0) is 20.8 Å². The molecule has 0 bridgehead atoms. The molecule has 6 nitrogen and oxygen atoms in total. The van der Waals surface area contributed by atoms with Crippen molar-refractivity contribution in [3.8, 4) is 0 Å². The lowest BCUT2D eigenvalue weighted by Gasteiger charge is -2.29. The molecule has 2 atom stereocenters. The number of likely N-dealkylation sites (tertiary alicyclic amines) is 1. The van der Waals surface area contributed by atoms with Crippen molar-refractivity contribution in [1.29, 1.82) is 0 Å². The first-order valence-corrected chi connectivity index (χ1v) is 7.97. The maximum Gasteiger partial charge on any atom is 0.411 e. The quantitative estimate of drug-likeness (QED) is 0.779. The van der Waals surface area contributed by atoms with E-state index >= 15 is 0 Å². The van der Waals surface area contributed by atoms with Gasteiger partial charge in [0.1, 0.15) is 11.6 Å². The highest BCUT2D eigenvalue weighted by molar-refractivity contribution is 7.99. The van der Waals surface area contributed by atoms with E-state index in [2.05, 4.69) is 0 Å². The zero-order valence-corrected chi connectivity index (χ0v) is 13.0. The Balaban J connectivity index is 2.06. The fourth-order valence-electron chi connectivity index (χ4n) is 2.37. The molecule has 7 heteroatoms. The van der Waals surface area contributed by atoms with Gasteiger partial charge in [0.15, 0.2) is 0 Å². The normalized spacial score (nSPS) is 27.0. The number of aliphatic hydroxyl groups is 1. The van der Waals surface area contributed by atoms with Crippen LogP contribution in [0.5, 0.6) is 0 Å². The second-order valence-corrected chi connectivity index (χ2v) is 7.25. The van der Waals surface area contributed by atoms with Gasteiger partial charge in [-0.15, -0.1) is 11.8 Å². The van der Waals surface area contributed by atoms with E-state index in [0.29, 0.717) is 18.8 Å². The van der Waals surface area contributed by atoms with Crippen molar-refractivity contribution in [1.82, 2.24) is 9.80 Å². The molecule has 114 valence electrons. The standard InChI is InChI=1S/C13H22N2O4S/c1-13(2,3)19-12(18)15-7-9(16)6-10(15)11(17)14-4-5-20-8-14/h9-10,16H,4-8H2,1-3H3/t9-,10-/m0/s1. The van der Waals surface area contributed by atoms with Crippen molar-refractivity contribution in [3.05, 3.63) is 0 Å². The third kappa shape index (κ3) is 3.58. The van der Waals surface area contributed by atoms with Gasteiger partial charge in [-0.2, -0.15) is 0 Å². The summed E-state index contributed by atoms with van der Waals surface area (Å²) < 4.78 is 5.31. The number of carbonyl (C=O) groups excluding carboxylic acids is 2. The molecule has 2 heterocycles. The Bertz CT molecular complexity index is 390. The number of hydrogen-bond donors (Lipinski definition) is 1. The fourth-order valence-corrected chi connectivity index (χ4v) is 3.32. The van der Waals surface area contributed by atoms with Gasteiger partial charge in [0.25, 0.3) is 0 Å². The molecule has 2 aliphatic rings. The maximum absolute atomic E-state index is 12.4. The van der Waals surface area contributed by atoms with Crippen molar-refractivity contribution in [3.63, 3.8) is 0 Å². The zero-order valence-electron chi connectivity index (χ0n) is 12.2. The van der Waals surface area contributed by atoms with Gasteiger partial charge in [-0.3, -0.25) is 9.69 Å². The van der Waals surface area contributed by atoms with Crippen LogP contribution in [0.2, 0.25) is 0 Å². The highest BCUT2D eigenvalue weighted by Gasteiger charge is 2.42. The molecule has 2 fully saturated rings. The summed E-state index contributed by atoms with van der Waals surface area (Å²) in [5.74, 6) is 1.50. The van der Waals surface area contributed by atoms with E-state index in [1.165, 1.54) is 4.90 Å². The largest absolute Gasteiger partial charge is 0.444 e. The number of ether oxygens (including phenoxy) is 1. The first-order valence-electron chi connectivity index (χ1n) is 6.82. The van der Waals surface area contributed by atoms with Crippen LogP contribution >= 0.6 is 11.8 Å². The molecule has 0 radical (unpaired) electrons. The van der Waals surface area contributed by atoms with E-state index in [1.54, 1.807) is 37.4 Å². The Morgan fingerprint density at radius 2 is 2.05 bits per heavy atom. The van der Waals surface area contributed by atoms with E-state index < -0.39 is 23.8 Å². The Morgan fingerprint density at radius 3 is 2.60 bits per heavy atom. The van der Waals surface area contributed by atoms with Gasteiger partial charge < -0.3 is 14.7 Å². The van der Waals surface area contributed by atoms with Gasteiger partial charge in [0.2, 0.25) is 5.91 Å². The van der Waals surface area contributed by atoms with Crippen molar-refractivity contribution < 1.29 is 19.4 Å². The number of rotatable bonds is 1. The van der Waals surface area contributed by atoms with E-state index in [9.17, 15) is 14.7 Å². The first kappa shape index (κ1) is 15.4. The second-order valence-electron chi connectivity index (χ2n) is 6.18. The van der Waals surface area contributed by atoms with Crippen LogP contribution in [0.15, 0.2) is 0 Å². The Labute approximate surface area is 123 Å². The highest BCUT2D eigenvalue weighted by Crippen LogP contribution is 2.25. The summed E-state index contributed by atoms with van der Waals surface area (Å²) in [4.78, 5) is 27.7. The van der Waals surface area contributed by atoms with E-state index in [1.807, 2.05) is 0 Å². The second kappa shape index (κ2) is 5.81. The predicted molar refractivity (Wildman–Crippen MR) is 76.4 cm³/mol. The van der Waals surface area contributed by atoms with Crippen LogP contribution in [0, 0.1) is 0 Å². The molecule has 0 unspecified atom stereocenters. The summed E-state index contributed by atoms with van der Waals surface area (Å²) in [6.07, 6.45) is -0.898. The molecule has 0 aromatic carbocycles. The summed E-state index contributed by atoms with van der Waals surface area (Å²) in [6, 6.07) is -0.599. The Morgan fingerprint density at radius 1 is 1.35 bits per heavy atom. The smallest absolute Gasteiger partial charge is 0.411 e. The number of thioether (sulfide) groups is 1. The van der Waals surface area contributed by atoms with E-state index in [-0.39, 0.29) is 12.5 Å². The van der Waals surface area contributed by atoms with Crippen LogP contribution in [0.3, 0.4) is 0 Å². The molecule has 0 aromatic heterocycles. The maximum atomic E-state index is 12.4. The van der Waals surface area contributed by atoms with Gasteiger partial charge in [-0.25, -0.2) is 4.79 Å². The summed E-state index contributed by atoms with van der Waals surface area (Å²) >= 11 is 1.70.